The molecule has 1 aliphatic carbocycles. The molecular formula is C18H28N2O. The largest absolute Gasteiger partial charge is 0.396 e. The van der Waals surface area contributed by atoms with Gasteiger partial charge in [-0.1, -0.05) is 12.1 Å². The average molecular weight is 288 g/mol. The van der Waals surface area contributed by atoms with E-state index in [9.17, 15) is 0 Å². The lowest BCUT2D eigenvalue weighted by atomic mass is 10.1. The summed E-state index contributed by atoms with van der Waals surface area (Å²) in [6, 6.07) is 8.31. The number of aliphatic hydroxyl groups is 1. The Kier molecular flexibility index (Phi) is 4.81. The zero-order valence-corrected chi connectivity index (χ0v) is 13.1. The Hall–Kier alpha value is -1.06. The highest BCUT2D eigenvalue weighted by Gasteiger charge is 2.25. The summed E-state index contributed by atoms with van der Waals surface area (Å²) < 4.78 is 0. The molecule has 0 spiro atoms. The molecule has 2 fully saturated rings. The second-order valence-corrected chi connectivity index (χ2v) is 6.63. The van der Waals surface area contributed by atoms with Gasteiger partial charge in [0, 0.05) is 37.5 Å². The van der Waals surface area contributed by atoms with Gasteiger partial charge in [0.1, 0.15) is 0 Å². The van der Waals surface area contributed by atoms with Gasteiger partial charge in [-0.15, -0.1) is 0 Å². The second-order valence-electron chi connectivity index (χ2n) is 6.63. The summed E-state index contributed by atoms with van der Waals surface area (Å²) >= 11 is 0. The molecule has 1 unspecified atom stereocenters. The molecule has 2 N–H and O–H groups in total. The lowest BCUT2D eigenvalue weighted by Crippen LogP contribution is -2.30. The third-order valence-electron chi connectivity index (χ3n) is 4.82. The average Bonchev–Trinajstić information content (AvgIpc) is 3.21. The predicted octanol–water partition coefficient (Wildman–Crippen LogP) is 2.99. The van der Waals surface area contributed by atoms with Crippen LogP contribution in [0.5, 0.6) is 0 Å². The highest BCUT2D eigenvalue weighted by molar-refractivity contribution is 5.56. The first-order valence-electron chi connectivity index (χ1n) is 8.48. The van der Waals surface area contributed by atoms with Gasteiger partial charge >= 0.3 is 0 Å². The fraction of sp³-hybridized carbons (Fsp3) is 0.667. The van der Waals surface area contributed by atoms with Crippen molar-refractivity contribution >= 4 is 5.69 Å². The minimum absolute atomic E-state index is 0.315. The summed E-state index contributed by atoms with van der Waals surface area (Å²) in [6.45, 7) is 4.71. The molecule has 1 aliphatic heterocycles. The molecule has 0 aromatic heterocycles. The van der Waals surface area contributed by atoms with Gasteiger partial charge in [0.05, 0.1) is 0 Å². The van der Waals surface area contributed by atoms with Crippen LogP contribution in [-0.2, 0) is 6.54 Å². The lowest BCUT2D eigenvalue weighted by Gasteiger charge is -2.28. The van der Waals surface area contributed by atoms with Crippen molar-refractivity contribution in [3.63, 3.8) is 0 Å². The maximum absolute atomic E-state index is 9.06. The van der Waals surface area contributed by atoms with Gasteiger partial charge in [0.25, 0.3) is 0 Å². The molecule has 3 heteroatoms. The monoisotopic (exact) mass is 288 g/mol. The minimum Gasteiger partial charge on any atom is -0.396 e. The van der Waals surface area contributed by atoms with Crippen LogP contribution in [0.25, 0.3) is 0 Å². The number of aliphatic hydroxyl groups excluding tert-OH is 1. The van der Waals surface area contributed by atoms with Crippen molar-refractivity contribution in [3.8, 4) is 0 Å². The molecule has 1 saturated heterocycles. The van der Waals surface area contributed by atoms with Gasteiger partial charge in [-0.2, -0.15) is 0 Å². The van der Waals surface area contributed by atoms with Crippen molar-refractivity contribution in [1.29, 1.82) is 0 Å². The molecule has 3 rings (SSSR count). The Balaban J connectivity index is 1.65. The molecule has 2 aliphatic rings. The summed E-state index contributed by atoms with van der Waals surface area (Å²) in [5.74, 6) is 0. The lowest BCUT2D eigenvalue weighted by molar-refractivity contribution is 0.279. The van der Waals surface area contributed by atoms with Crippen molar-refractivity contribution in [2.75, 3.05) is 18.1 Å². The van der Waals surface area contributed by atoms with Gasteiger partial charge in [-0.05, 0) is 62.6 Å². The summed E-state index contributed by atoms with van der Waals surface area (Å²) in [6.07, 6.45) is 7.27. The standard InChI is InChI=1S/C18H28N2O/c1-14-12-15(13-19-16-7-8-16)6-9-18(14)20-10-2-4-17(20)5-3-11-21/h6,9,12,16-17,19,21H,2-5,7-8,10-11,13H2,1H3. The van der Waals surface area contributed by atoms with E-state index in [1.807, 2.05) is 0 Å². The van der Waals surface area contributed by atoms with E-state index < -0.39 is 0 Å². The number of rotatable bonds is 7. The third kappa shape index (κ3) is 3.78. The fourth-order valence-electron chi connectivity index (χ4n) is 3.48. The first-order chi connectivity index (χ1) is 10.3. The quantitative estimate of drug-likeness (QED) is 0.809. The molecule has 0 bridgehead atoms. The number of aryl methyl sites for hydroxylation is 1. The molecule has 1 aromatic carbocycles. The molecular weight excluding hydrogens is 260 g/mol. The van der Waals surface area contributed by atoms with Crippen LogP contribution in [0.4, 0.5) is 5.69 Å². The van der Waals surface area contributed by atoms with E-state index in [2.05, 4.69) is 35.3 Å². The molecule has 3 nitrogen and oxygen atoms in total. The normalized spacial score (nSPS) is 22.0. The minimum atomic E-state index is 0.315. The number of hydrogen-bond donors (Lipinski definition) is 2. The molecule has 1 atom stereocenters. The van der Waals surface area contributed by atoms with E-state index in [1.165, 1.54) is 42.5 Å². The van der Waals surface area contributed by atoms with E-state index in [0.29, 0.717) is 12.6 Å². The Labute approximate surface area is 128 Å². The molecule has 1 aromatic rings. The van der Waals surface area contributed by atoms with Crippen LogP contribution >= 0.6 is 0 Å². The number of hydrogen-bond acceptors (Lipinski definition) is 3. The number of benzene rings is 1. The first-order valence-corrected chi connectivity index (χ1v) is 8.48. The van der Waals surface area contributed by atoms with Crippen molar-refractivity contribution in [2.24, 2.45) is 0 Å². The van der Waals surface area contributed by atoms with Crippen LogP contribution < -0.4 is 10.2 Å². The van der Waals surface area contributed by atoms with Crippen molar-refractivity contribution in [1.82, 2.24) is 5.32 Å². The first kappa shape index (κ1) is 14.9. The molecule has 1 saturated carbocycles. The van der Waals surface area contributed by atoms with E-state index in [-0.39, 0.29) is 0 Å². The topological polar surface area (TPSA) is 35.5 Å². The van der Waals surface area contributed by atoms with E-state index in [1.54, 1.807) is 0 Å². The number of anilines is 1. The Morgan fingerprint density at radius 1 is 1.29 bits per heavy atom. The number of nitrogens with one attached hydrogen (secondary N) is 1. The Morgan fingerprint density at radius 3 is 2.86 bits per heavy atom. The van der Waals surface area contributed by atoms with Crippen molar-refractivity contribution < 1.29 is 5.11 Å². The highest BCUT2D eigenvalue weighted by atomic mass is 16.2. The van der Waals surface area contributed by atoms with E-state index >= 15 is 0 Å². The van der Waals surface area contributed by atoms with Gasteiger partial charge in [0.15, 0.2) is 0 Å². The van der Waals surface area contributed by atoms with Crippen LogP contribution in [0.3, 0.4) is 0 Å². The predicted molar refractivity (Wildman–Crippen MR) is 87.7 cm³/mol. The van der Waals surface area contributed by atoms with Crippen LogP contribution in [0, 0.1) is 6.92 Å². The Morgan fingerprint density at radius 2 is 2.14 bits per heavy atom. The maximum atomic E-state index is 9.06. The fourth-order valence-corrected chi connectivity index (χ4v) is 3.48. The van der Waals surface area contributed by atoms with E-state index in [0.717, 1.165) is 32.0 Å². The maximum Gasteiger partial charge on any atom is 0.0431 e. The van der Waals surface area contributed by atoms with Crippen molar-refractivity contribution in [3.05, 3.63) is 29.3 Å². The zero-order valence-electron chi connectivity index (χ0n) is 13.1. The van der Waals surface area contributed by atoms with Crippen LogP contribution in [0.15, 0.2) is 18.2 Å². The van der Waals surface area contributed by atoms with Crippen LogP contribution in [0.2, 0.25) is 0 Å². The van der Waals surface area contributed by atoms with Crippen LogP contribution in [0.1, 0.15) is 49.7 Å². The molecule has 1 heterocycles. The molecule has 116 valence electrons. The van der Waals surface area contributed by atoms with E-state index in [4.69, 9.17) is 5.11 Å². The van der Waals surface area contributed by atoms with Crippen LogP contribution in [-0.4, -0.2) is 30.3 Å². The summed E-state index contributed by atoms with van der Waals surface area (Å²) in [5.41, 5.74) is 4.18. The molecule has 21 heavy (non-hydrogen) atoms. The Bertz CT molecular complexity index is 470. The van der Waals surface area contributed by atoms with Crippen molar-refractivity contribution in [2.45, 2.75) is 64.1 Å². The summed E-state index contributed by atoms with van der Waals surface area (Å²) in [4.78, 5) is 2.56. The second kappa shape index (κ2) is 6.80. The smallest absolute Gasteiger partial charge is 0.0431 e. The van der Waals surface area contributed by atoms with Gasteiger partial charge in [-0.25, -0.2) is 0 Å². The van der Waals surface area contributed by atoms with Gasteiger partial charge in [-0.3, -0.25) is 0 Å². The molecule has 0 radical (unpaired) electrons. The molecule has 0 amide bonds. The SMILES string of the molecule is Cc1cc(CNC2CC2)ccc1N1CCCC1CCCO. The van der Waals surface area contributed by atoms with Gasteiger partial charge in [0.2, 0.25) is 0 Å². The number of nitrogens with zero attached hydrogens (tertiary/aromatic N) is 1. The summed E-state index contributed by atoms with van der Waals surface area (Å²) in [5, 5.41) is 12.6. The van der Waals surface area contributed by atoms with Gasteiger partial charge < -0.3 is 15.3 Å². The summed E-state index contributed by atoms with van der Waals surface area (Å²) in [7, 11) is 0. The zero-order chi connectivity index (χ0) is 14.7. The third-order valence-corrected chi connectivity index (χ3v) is 4.82. The highest BCUT2D eigenvalue weighted by Crippen LogP contribution is 2.31.